The average molecular weight is 354 g/mol. The summed E-state index contributed by atoms with van der Waals surface area (Å²) in [5.74, 6) is 3.61. The van der Waals surface area contributed by atoms with Crippen molar-refractivity contribution in [3.8, 4) is 0 Å². The van der Waals surface area contributed by atoms with E-state index >= 15 is 0 Å². The van der Waals surface area contributed by atoms with Gasteiger partial charge in [0.15, 0.2) is 11.5 Å². The quantitative estimate of drug-likeness (QED) is 0.716. The molecule has 26 heavy (non-hydrogen) atoms. The molecule has 1 fully saturated rings. The van der Waals surface area contributed by atoms with E-state index in [0.717, 1.165) is 61.1 Å². The van der Waals surface area contributed by atoms with E-state index < -0.39 is 0 Å². The number of anilines is 1. The molecule has 0 aliphatic carbocycles. The lowest BCUT2D eigenvalue weighted by molar-refractivity contribution is 0.323. The third-order valence-electron chi connectivity index (χ3n) is 5.11. The highest BCUT2D eigenvalue weighted by Crippen LogP contribution is 2.28. The Kier molecular flexibility index (Phi) is 4.38. The van der Waals surface area contributed by atoms with Crippen molar-refractivity contribution >= 4 is 11.5 Å². The zero-order valence-corrected chi connectivity index (χ0v) is 15.9. The topological polar surface area (TPSA) is 72.4 Å². The van der Waals surface area contributed by atoms with Crippen LogP contribution in [0, 0.1) is 19.8 Å². The van der Waals surface area contributed by atoms with Crippen molar-refractivity contribution in [3.63, 3.8) is 0 Å². The fourth-order valence-corrected chi connectivity index (χ4v) is 3.65. The lowest BCUT2D eigenvalue weighted by Gasteiger charge is -2.33. The highest BCUT2D eigenvalue weighted by Gasteiger charge is 2.24. The highest BCUT2D eigenvalue weighted by molar-refractivity contribution is 5.52. The summed E-state index contributed by atoms with van der Waals surface area (Å²) in [6.45, 7) is 10.3. The van der Waals surface area contributed by atoms with Gasteiger partial charge in [-0.15, -0.1) is 0 Å². The number of aromatic nitrogens is 5. The van der Waals surface area contributed by atoms with Crippen LogP contribution in [0.4, 0.5) is 5.82 Å². The maximum Gasteiger partial charge on any atom is 0.226 e. The van der Waals surface area contributed by atoms with Gasteiger partial charge in [-0.05, 0) is 38.5 Å². The maximum atomic E-state index is 5.28. The molecule has 0 atom stereocenters. The second kappa shape index (κ2) is 6.70. The van der Waals surface area contributed by atoms with Crippen LogP contribution in [0.2, 0.25) is 0 Å². The van der Waals surface area contributed by atoms with Crippen LogP contribution in [-0.2, 0) is 6.42 Å². The first-order chi connectivity index (χ1) is 12.5. The van der Waals surface area contributed by atoms with E-state index in [2.05, 4.69) is 46.1 Å². The van der Waals surface area contributed by atoms with E-state index in [4.69, 9.17) is 9.51 Å². The first kappa shape index (κ1) is 17.0. The first-order valence-corrected chi connectivity index (χ1v) is 9.41. The molecule has 0 aromatic carbocycles. The Morgan fingerprint density at radius 1 is 1.15 bits per heavy atom. The molecule has 3 aromatic rings. The molecule has 1 aliphatic rings. The Balaban J connectivity index is 1.53. The van der Waals surface area contributed by atoms with E-state index in [9.17, 15) is 0 Å². The number of nitrogens with zero attached hydrogens (tertiary/aromatic N) is 6. The van der Waals surface area contributed by atoms with Crippen molar-refractivity contribution in [2.75, 3.05) is 18.0 Å². The van der Waals surface area contributed by atoms with Crippen LogP contribution >= 0.6 is 0 Å². The summed E-state index contributed by atoms with van der Waals surface area (Å²) in [6.07, 6.45) is 3.10. The van der Waals surface area contributed by atoms with Crippen molar-refractivity contribution in [3.05, 3.63) is 35.2 Å². The minimum atomic E-state index is 0.396. The third kappa shape index (κ3) is 3.30. The number of fused-ring (bicyclic) bond motifs is 1. The molecule has 0 bridgehead atoms. The maximum absolute atomic E-state index is 5.28. The molecule has 1 saturated heterocycles. The van der Waals surface area contributed by atoms with Crippen LogP contribution in [0.25, 0.3) is 5.65 Å². The molecule has 4 rings (SSSR count). The van der Waals surface area contributed by atoms with E-state index in [0.29, 0.717) is 17.7 Å². The summed E-state index contributed by atoms with van der Waals surface area (Å²) < 4.78 is 7.27. The van der Waals surface area contributed by atoms with Crippen molar-refractivity contribution in [1.29, 1.82) is 0 Å². The van der Waals surface area contributed by atoms with E-state index in [-0.39, 0.29) is 0 Å². The summed E-state index contributed by atoms with van der Waals surface area (Å²) in [4.78, 5) is 11.5. The molecule has 0 N–H and O–H groups in total. The van der Waals surface area contributed by atoms with Crippen LogP contribution < -0.4 is 4.90 Å². The van der Waals surface area contributed by atoms with Gasteiger partial charge < -0.3 is 9.42 Å². The second-order valence-corrected chi connectivity index (χ2v) is 7.62. The van der Waals surface area contributed by atoms with Crippen molar-refractivity contribution in [1.82, 2.24) is 24.7 Å². The largest absolute Gasteiger partial charge is 0.356 e. The molecule has 1 aliphatic heterocycles. The number of piperidine rings is 1. The van der Waals surface area contributed by atoms with Gasteiger partial charge >= 0.3 is 0 Å². The Bertz CT molecular complexity index is 904. The van der Waals surface area contributed by atoms with Gasteiger partial charge in [0.05, 0.1) is 5.69 Å². The predicted octanol–water partition coefficient (Wildman–Crippen LogP) is 3.31. The van der Waals surface area contributed by atoms with Crippen LogP contribution in [0.5, 0.6) is 0 Å². The van der Waals surface area contributed by atoms with Gasteiger partial charge in [-0.3, -0.25) is 0 Å². The number of hydrogen-bond donors (Lipinski definition) is 0. The smallest absolute Gasteiger partial charge is 0.226 e. The number of rotatable bonds is 4. The van der Waals surface area contributed by atoms with Crippen molar-refractivity contribution in [2.24, 2.45) is 5.92 Å². The summed E-state index contributed by atoms with van der Waals surface area (Å²) in [5, 5.41) is 8.55. The minimum absolute atomic E-state index is 0.396. The summed E-state index contributed by atoms with van der Waals surface area (Å²) in [6, 6.07) is 4.26. The van der Waals surface area contributed by atoms with Crippen LogP contribution in [0.3, 0.4) is 0 Å². The molecule has 7 nitrogen and oxygen atoms in total. The molecule has 0 amide bonds. The Labute approximate surface area is 153 Å². The fourth-order valence-electron chi connectivity index (χ4n) is 3.65. The van der Waals surface area contributed by atoms with Gasteiger partial charge in [0.25, 0.3) is 0 Å². The lowest BCUT2D eigenvalue weighted by atomic mass is 9.93. The zero-order chi connectivity index (χ0) is 18.3. The van der Waals surface area contributed by atoms with Crippen molar-refractivity contribution < 1.29 is 4.52 Å². The second-order valence-electron chi connectivity index (χ2n) is 7.62. The van der Waals surface area contributed by atoms with Gasteiger partial charge in [-0.2, -0.15) is 14.6 Å². The molecule has 4 heterocycles. The SMILES string of the molecule is Cc1cc2nc(C(C)C)cc(N3CCC(Cc4nc(C)no4)CC3)n2n1. The van der Waals surface area contributed by atoms with Crippen LogP contribution in [-0.4, -0.2) is 37.8 Å². The number of aryl methyl sites for hydroxylation is 2. The molecule has 0 spiro atoms. The van der Waals surface area contributed by atoms with Crippen molar-refractivity contribution in [2.45, 2.75) is 52.9 Å². The van der Waals surface area contributed by atoms with Gasteiger partial charge in [-0.25, -0.2) is 4.98 Å². The third-order valence-corrected chi connectivity index (χ3v) is 5.11. The average Bonchev–Trinajstić information content (AvgIpc) is 3.19. The Morgan fingerprint density at radius 2 is 1.92 bits per heavy atom. The molecule has 0 radical (unpaired) electrons. The van der Waals surface area contributed by atoms with Gasteiger partial charge in [-0.1, -0.05) is 19.0 Å². The lowest BCUT2D eigenvalue weighted by Crippen LogP contribution is -2.35. The normalized spacial score (nSPS) is 16.1. The molecule has 0 unspecified atom stereocenters. The van der Waals surface area contributed by atoms with Gasteiger partial charge in [0, 0.05) is 37.3 Å². The van der Waals surface area contributed by atoms with E-state index in [1.165, 1.54) is 0 Å². The van der Waals surface area contributed by atoms with Crippen LogP contribution in [0.15, 0.2) is 16.7 Å². The minimum Gasteiger partial charge on any atom is -0.356 e. The van der Waals surface area contributed by atoms with Gasteiger partial charge in [0.1, 0.15) is 5.82 Å². The predicted molar refractivity (Wildman–Crippen MR) is 99.5 cm³/mol. The first-order valence-electron chi connectivity index (χ1n) is 9.41. The summed E-state index contributed by atoms with van der Waals surface area (Å²) in [5.41, 5.74) is 3.06. The summed E-state index contributed by atoms with van der Waals surface area (Å²) >= 11 is 0. The highest BCUT2D eigenvalue weighted by atomic mass is 16.5. The monoisotopic (exact) mass is 354 g/mol. The molecular formula is C19H26N6O. The molecule has 7 heteroatoms. The van der Waals surface area contributed by atoms with Gasteiger partial charge in [0.2, 0.25) is 5.89 Å². The zero-order valence-electron chi connectivity index (χ0n) is 15.9. The standard InChI is InChI=1S/C19H26N6O/c1-12(2)16-11-19(25-17(21-16)9-13(3)22-25)24-7-5-15(6-8-24)10-18-20-14(4)23-26-18/h9,11-12,15H,5-8,10H2,1-4H3. The van der Waals surface area contributed by atoms with Crippen LogP contribution in [0.1, 0.15) is 55.7 Å². The fraction of sp³-hybridized carbons (Fsp3) is 0.579. The Morgan fingerprint density at radius 3 is 2.58 bits per heavy atom. The molecule has 0 saturated carbocycles. The molecule has 138 valence electrons. The number of hydrogen-bond acceptors (Lipinski definition) is 6. The molecular weight excluding hydrogens is 328 g/mol. The van der Waals surface area contributed by atoms with E-state index in [1.54, 1.807) is 0 Å². The summed E-state index contributed by atoms with van der Waals surface area (Å²) in [7, 11) is 0. The van der Waals surface area contributed by atoms with E-state index in [1.807, 2.05) is 18.4 Å². The Hall–Kier alpha value is -2.44. The molecule has 3 aromatic heterocycles.